The van der Waals surface area contributed by atoms with Crippen LogP contribution in [0.2, 0.25) is 5.02 Å². The van der Waals surface area contributed by atoms with E-state index in [0.29, 0.717) is 0 Å². The molecular weight excluding hydrogens is 373 g/mol. The minimum absolute atomic E-state index is 0.0311. The zero-order valence-corrected chi connectivity index (χ0v) is 13.8. The molecule has 0 amide bonds. The monoisotopic (exact) mass is 384 g/mol. The Balaban J connectivity index is 2.38. The fraction of sp³-hybridized carbons (Fsp3) is 0.188. The summed E-state index contributed by atoms with van der Waals surface area (Å²) in [5, 5.41) is 12.0. The summed E-state index contributed by atoms with van der Waals surface area (Å²) in [7, 11) is 0. The standard InChI is InChI=1S/C16H12ClF3N4O2/c17-10-3-1-2-4-11(10)24-14-9(5-6-12(22-14)16(18,19)20)13(21-7-8-25)23-15(24)26/h1-6,25H,7-8H2,(H,21,23,26). The van der Waals surface area contributed by atoms with Crippen LogP contribution in [0.25, 0.3) is 16.7 Å². The van der Waals surface area contributed by atoms with E-state index in [-0.39, 0.29) is 40.7 Å². The van der Waals surface area contributed by atoms with Gasteiger partial charge in [0.05, 0.1) is 22.7 Å². The molecule has 0 aliphatic rings. The largest absolute Gasteiger partial charge is 0.433 e. The third kappa shape index (κ3) is 3.35. The summed E-state index contributed by atoms with van der Waals surface area (Å²) in [5.74, 6) is 0.0311. The number of para-hydroxylation sites is 1. The van der Waals surface area contributed by atoms with Crippen LogP contribution in [0.1, 0.15) is 5.69 Å². The number of rotatable bonds is 4. The number of aliphatic hydroxyl groups excluding tert-OH is 1. The van der Waals surface area contributed by atoms with Crippen molar-refractivity contribution in [1.82, 2.24) is 14.5 Å². The van der Waals surface area contributed by atoms with E-state index in [1.165, 1.54) is 18.2 Å². The molecule has 3 aromatic rings. The lowest BCUT2D eigenvalue weighted by molar-refractivity contribution is -0.141. The third-order valence-electron chi connectivity index (χ3n) is 3.53. The van der Waals surface area contributed by atoms with Crippen molar-refractivity contribution in [2.24, 2.45) is 0 Å². The molecule has 26 heavy (non-hydrogen) atoms. The van der Waals surface area contributed by atoms with Crippen molar-refractivity contribution in [2.75, 3.05) is 18.5 Å². The normalized spacial score (nSPS) is 11.7. The van der Waals surface area contributed by atoms with E-state index < -0.39 is 17.6 Å². The molecule has 0 radical (unpaired) electrons. The van der Waals surface area contributed by atoms with Gasteiger partial charge in [0.15, 0.2) is 5.65 Å². The first-order valence-electron chi connectivity index (χ1n) is 7.43. The van der Waals surface area contributed by atoms with Crippen LogP contribution in [0.15, 0.2) is 41.2 Å². The van der Waals surface area contributed by atoms with E-state index in [9.17, 15) is 18.0 Å². The van der Waals surface area contributed by atoms with Gasteiger partial charge in [0.2, 0.25) is 0 Å². The molecule has 2 N–H and O–H groups in total. The highest BCUT2D eigenvalue weighted by Gasteiger charge is 2.33. The molecule has 0 atom stereocenters. The number of pyridine rings is 1. The summed E-state index contributed by atoms with van der Waals surface area (Å²) in [6.07, 6.45) is -4.68. The zero-order chi connectivity index (χ0) is 18.9. The molecular formula is C16H12ClF3N4O2. The predicted molar refractivity (Wildman–Crippen MR) is 90.7 cm³/mol. The fourth-order valence-corrected chi connectivity index (χ4v) is 2.64. The molecule has 2 heterocycles. The second-order valence-electron chi connectivity index (χ2n) is 5.25. The minimum atomic E-state index is -4.68. The molecule has 0 spiro atoms. The number of aliphatic hydroxyl groups is 1. The Morgan fingerprint density at radius 3 is 2.54 bits per heavy atom. The van der Waals surface area contributed by atoms with Crippen molar-refractivity contribution in [1.29, 1.82) is 0 Å². The number of fused-ring (bicyclic) bond motifs is 1. The predicted octanol–water partition coefficient (Wildman–Crippen LogP) is 2.86. The van der Waals surface area contributed by atoms with Crippen LogP contribution < -0.4 is 11.0 Å². The molecule has 0 saturated carbocycles. The lowest BCUT2D eigenvalue weighted by atomic mass is 10.2. The van der Waals surface area contributed by atoms with Crippen LogP contribution in [-0.4, -0.2) is 32.8 Å². The molecule has 0 aliphatic heterocycles. The maximum Gasteiger partial charge on any atom is 0.433 e. The molecule has 10 heteroatoms. The van der Waals surface area contributed by atoms with E-state index in [1.807, 2.05) is 0 Å². The number of hydrogen-bond acceptors (Lipinski definition) is 5. The number of benzene rings is 1. The van der Waals surface area contributed by atoms with Crippen LogP contribution in [0, 0.1) is 0 Å². The summed E-state index contributed by atoms with van der Waals surface area (Å²) >= 11 is 6.10. The van der Waals surface area contributed by atoms with Crippen LogP contribution in [0.5, 0.6) is 0 Å². The molecule has 0 bridgehead atoms. The number of hydrogen-bond donors (Lipinski definition) is 2. The highest BCUT2D eigenvalue weighted by atomic mass is 35.5. The van der Waals surface area contributed by atoms with Gasteiger partial charge in [-0.3, -0.25) is 0 Å². The summed E-state index contributed by atoms with van der Waals surface area (Å²) in [5.41, 5.74) is -2.08. The maximum atomic E-state index is 13.1. The Morgan fingerprint density at radius 1 is 1.15 bits per heavy atom. The molecule has 2 aromatic heterocycles. The second kappa shape index (κ2) is 6.93. The van der Waals surface area contributed by atoms with Crippen molar-refractivity contribution in [3.63, 3.8) is 0 Å². The Bertz CT molecular complexity index is 1020. The van der Waals surface area contributed by atoms with E-state index >= 15 is 0 Å². The van der Waals surface area contributed by atoms with Crippen LogP contribution in [-0.2, 0) is 6.18 Å². The number of alkyl halides is 3. The molecule has 0 aliphatic carbocycles. The van der Waals surface area contributed by atoms with Crippen molar-refractivity contribution in [3.05, 3.63) is 57.6 Å². The number of halogens is 4. The van der Waals surface area contributed by atoms with Gasteiger partial charge < -0.3 is 10.4 Å². The molecule has 0 unspecified atom stereocenters. The molecule has 1 aromatic carbocycles. The lowest BCUT2D eigenvalue weighted by Gasteiger charge is -2.15. The highest BCUT2D eigenvalue weighted by molar-refractivity contribution is 6.32. The smallest absolute Gasteiger partial charge is 0.395 e. The zero-order valence-electron chi connectivity index (χ0n) is 13.1. The van der Waals surface area contributed by atoms with Crippen LogP contribution in [0.4, 0.5) is 19.0 Å². The number of nitrogens with zero attached hydrogens (tertiary/aromatic N) is 3. The van der Waals surface area contributed by atoms with E-state index in [4.69, 9.17) is 16.7 Å². The van der Waals surface area contributed by atoms with Gasteiger partial charge in [-0.2, -0.15) is 18.2 Å². The summed E-state index contributed by atoms with van der Waals surface area (Å²) in [4.78, 5) is 20.0. The fourth-order valence-electron chi connectivity index (χ4n) is 2.42. The van der Waals surface area contributed by atoms with Gasteiger partial charge in [-0.05, 0) is 24.3 Å². The van der Waals surface area contributed by atoms with Gasteiger partial charge in [-0.15, -0.1) is 0 Å². The second-order valence-corrected chi connectivity index (χ2v) is 5.65. The third-order valence-corrected chi connectivity index (χ3v) is 3.85. The Kier molecular flexibility index (Phi) is 4.84. The molecule has 6 nitrogen and oxygen atoms in total. The minimum Gasteiger partial charge on any atom is -0.395 e. The van der Waals surface area contributed by atoms with Crippen LogP contribution >= 0.6 is 11.6 Å². The summed E-state index contributed by atoms with van der Waals surface area (Å²) in [6.45, 7) is -0.177. The average Bonchev–Trinajstić information content (AvgIpc) is 2.59. The number of anilines is 1. The summed E-state index contributed by atoms with van der Waals surface area (Å²) in [6, 6.07) is 8.16. The van der Waals surface area contributed by atoms with Gasteiger partial charge >= 0.3 is 11.9 Å². The molecule has 0 saturated heterocycles. The summed E-state index contributed by atoms with van der Waals surface area (Å²) < 4.78 is 40.2. The van der Waals surface area contributed by atoms with Gasteiger partial charge in [0.1, 0.15) is 11.5 Å². The first kappa shape index (κ1) is 18.2. The highest BCUT2D eigenvalue weighted by Crippen LogP contribution is 2.31. The van der Waals surface area contributed by atoms with E-state index in [1.54, 1.807) is 12.1 Å². The molecule has 136 valence electrons. The van der Waals surface area contributed by atoms with Crippen molar-refractivity contribution in [2.45, 2.75) is 6.18 Å². The molecule has 3 rings (SSSR count). The van der Waals surface area contributed by atoms with E-state index in [0.717, 1.165) is 10.6 Å². The SMILES string of the molecule is O=c1nc(NCCO)c2ccc(C(F)(F)F)nc2n1-c1ccccc1Cl. The quantitative estimate of drug-likeness (QED) is 0.723. The first-order valence-corrected chi connectivity index (χ1v) is 7.81. The number of nitrogens with one attached hydrogen (secondary N) is 1. The first-order chi connectivity index (χ1) is 12.3. The lowest BCUT2D eigenvalue weighted by Crippen LogP contribution is -2.25. The van der Waals surface area contributed by atoms with Gasteiger partial charge in [-0.25, -0.2) is 14.3 Å². The van der Waals surface area contributed by atoms with E-state index in [2.05, 4.69) is 15.3 Å². The van der Waals surface area contributed by atoms with Gasteiger partial charge in [0.25, 0.3) is 0 Å². The van der Waals surface area contributed by atoms with Crippen molar-refractivity contribution < 1.29 is 18.3 Å². The van der Waals surface area contributed by atoms with Crippen molar-refractivity contribution in [3.8, 4) is 5.69 Å². The topological polar surface area (TPSA) is 80.0 Å². The van der Waals surface area contributed by atoms with Crippen molar-refractivity contribution >= 4 is 28.5 Å². The Hall–Kier alpha value is -2.65. The van der Waals surface area contributed by atoms with Crippen LogP contribution in [0.3, 0.4) is 0 Å². The van der Waals surface area contributed by atoms with Gasteiger partial charge in [-0.1, -0.05) is 23.7 Å². The number of aromatic nitrogens is 3. The Morgan fingerprint density at radius 2 is 1.88 bits per heavy atom. The molecule has 0 fully saturated rings. The van der Waals surface area contributed by atoms with Gasteiger partial charge in [0, 0.05) is 6.54 Å². The average molecular weight is 385 g/mol. The maximum absolute atomic E-state index is 13.1. The Labute approximate surface area is 149 Å².